The number of benzene rings is 2. The van der Waals surface area contributed by atoms with Crippen molar-refractivity contribution in [1.29, 1.82) is 5.26 Å². The van der Waals surface area contributed by atoms with Gasteiger partial charge in [-0.25, -0.2) is 4.98 Å². The number of halogens is 3. The van der Waals surface area contributed by atoms with E-state index in [0.717, 1.165) is 11.1 Å². The zero-order chi connectivity index (χ0) is 21.1. The molecule has 2 aromatic heterocycles. The van der Waals surface area contributed by atoms with E-state index in [1.54, 1.807) is 30.3 Å². The molecule has 30 heavy (non-hydrogen) atoms. The van der Waals surface area contributed by atoms with E-state index in [0.29, 0.717) is 32.1 Å². The molecule has 2 aromatic carbocycles. The van der Waals surface area contributed by atoms with Gasteiger partial charge >= 0.3 is 0 Å². The minimum atomic E-state index is 0.134. The van der Waals surface area contributed by atoms with Crippen LogP contribution in [0.3, 0.4) is 0 Å². The van der Waals surface area contributed by atoms with Crippen LogP contribution in [0.5, 0.6) is 11.6 Å². The number of rotatable bonds is 4. The lowest BCUT2D eigenvalue weighted by Gasteiger charge is -2.15. The maximum atomic E-state index is 9.72. The first-order chi connectivity index (χ1) is 14.5. The highest BCUT2D eigenvalue weighted by Crippen LogP contribution is 2.38. The van der Waals surface area contributed by atoms with Crippen molar-refractivity contribution >= 4 is 34.8 Å². The molecule has 2 heterocycles. The molecule has 0 aliphatic rings. The molecule has 0 aliphatic carbocycles. The van der Waals surface area contributed by atoms with E-state index >= 15 is 0 Å². The summed E-state index contributed by atoms with van der Waals surface area (Å²) in [5.41, 5.74) is 3.12. The topological polar surface area (TPSA) is 58.8 Å². The summed E-state index contributed by atoms with van der Waals surface area (Å²) >= 11 is 18.5. The summed E-state index contributed by atoms with van der Waals surface area (Å²) in [6, 6.07) is 20.1. The summed E-state index contributed by atoms with van der Waals surface area (Å²) in [7, 11) is 0. The molecule has 0 aliphatic heterocycles. The van der Waals surface area contributed by atoms with E-state index in [2.05, 4.69) is 16.0 Å². The lowest BCUT2D eigenvalue weighted by molar-refractivity contribution is 0.460. The van der Waals surface area contributed by atoms with Gasteiger partial charge < -0.3 is 4.74 Å². The van der Waals surface area contributed by atoms with Gasteiger partial charge in [-0.1, -0.05) is 65.1 Å². The average Bonchev–Trinajstić information content (AvgIpc) is 2.75. The Kier molecular flexibility index (Phi) is 5.87. The summed E-state index contributed by atoms with van der Waals surface area (Å²) in [5.74, 6) is 0.505. The minimum Gasteiger partial charge on any atom is -0.436 e. The van der Waals surface area contributed by atoms with Gasteiger partial charge in [0.15, 0.2) is 0 Å². The Labute approximate surface area is 188 Å². The summed E-state index contributed by atoms with van der Waals surface area (Å²) < 4.78 is 5.85. The first-order valence-electron chi connectivity index (χ1n) is 8.79. The number of aromatic nitrogens is 2. The molecule has 0 amide bonds. The lowest BCUT2D eigenvalue weighted by Crippen LogP contribution is -1.98. The van der Waals surface area contributed by atoms with Crippen LogP contribution < -0.4 is 4.74 Å². The molecule has 0 atom stereocenters. The second-order valence-corrected chi connectivity index (χ2v) is 7.56. The van der Waals surface area contributed by atoms with Crippen molar-refractivity contribution in [3.63, 3.8) is 0 Å². The quantitative estimate of drug-likeness (QED) is 0.323. The molecule has 4 rings (SSSR count). The maximum absolute atomic E-state index is 9.72. The fourth-order valence-corrected chi connectivity index (χ4v) is 3.44. The van der Waals surface area contributed by atoms with Crippen molar-refractivity contribution in [1.82, 2.24) is 9.97 Å². The van der Waals surface area contributed by atoms with E-state index in [1.165, 1.54) is 12.4 Å². The SMILES string of the molecule is N#Cc1cc(-c2ccc(Cl)cc2)c(-c2ccccc2Cl)nc1Oc1cncc(Cl)c1. The first kappa shape index (κ1) is 20.2. The molecule has 0 spiro atoms. The van der Waals surface area contributed by atoms with Crippen LogP contribution in [0.1, 0.15) is 5.56 Å². The van der Waals surface area contributed by atoms with Crippen LogP contribution in [-0.4, -0.2) is 9.97 Å². The van der Waals surface area contributed by atoms with Crippen LogP contribution in [-0.2, 0) is 0 Å². The Hall–Kier alpha value is -3.10. The Morgan fingerprint density at radius 2 is 1.60 bits per heavy atom. The molecule has 146 valence electrons. The van der Waals surface area contributed by atoms with Crippen LogP contribution in [0.2, 0.25) is 15.1 Å². The number of nitriles is 1. The van der Waals surface area contributed by atoms with Gasteiger partial charge in [0.1, 0.15) is 17.4 Å². The third-order valence-corrected chi connectivity index (χ3v) is 5.07. The van der Waals surface area contributed by atoms with Gasteiger partial charge in [-0.2, -0.15) is 5.26 Å². The van der Waals surface area contributed by atoms with Gasteiger partial charge in [-0.05, 0) is 29.8 Å². The van der Waals surface area contributed by atoms with E-state index in [4.69, 9.17) is 39.5 Å². The van der Waals surface area contributed by atoms with Crippen molar-refractivity contribution in [3.05, 3.63) is 93.7 Å². The van der Waals surface area contributed by atoms with E-state index in [-0.39, 0.29) is 11.4 Å². The van der Waals surface area contributed by atoms with Crippen molar-refractivity contribution < 1.29 is 4.74 Å². The number of pyridine rings is 2. The molecule has 0 saturated heterocycles. The maximum Gasteiger partial charge on any atom is 0.237 e. The molecule has 4 aromatic rings. The second-order valence-electron chi connectivity index (χ2n) is 6.28. The molecule has 4 nitrogen and oxygen atoms in total. The Balaban J connectivity index is 1.93. The van der Waals surface area contributed by atoms with Crippen LogP contribution in [0, 0.1) is 11.3 Å². The zero-order valence-corrected chi connectivity index (χ0v) is 17.6. The summed E-state index contributed by atoms with van der Waals surface area (Å²) in [6.07, 6.45) is 2.99. The molecule has 7 heteroatoms. The summed E-state index contributed by atoms with van der Waals surface area (Å²) in [6.45, 7) is 0. The molecule has 0 radical (unpaired) electrons. The number of nitrogens with zero attached hydrogens (tertiary/aromatic N) is 3. The number of hydrogen-bond donors (Lipinski definition) is 0. The Bertz CT molecular complexity index is 1270. The Morgan fingerprint density at radius 3 is 2.30 bits per heavy atom. The van der Waals surface area contributed by atoms with Gasteiger partial charge in [0.05, 0.1) is 16.9 Å². The highest BCUT2D eigenvalue weighted by atomic mass is 35.5. The second kappa shape index (κ2) is 8.73. The highest BCUT2D eigenvalue weighted by Gasteiger charge is 2.18. The van der Waals surface area contributed by atoms with E-state index in [1.807, 2.05) is 30.3 Å². The normalized spacial score (nSPS) is 10.5. The van der Waals surface area contributed by atoms with Gasteiger partial charge in [0, 0.05) is 33.4 Å². The number of ether oxygens (including phenoxy) is 1. The highest BCUT2D eigenvalue weighted by molar-refractivity contribution is 6.33. The van der Waals surface area contributed by atoms with Crippen molar-refractivity contribution in [2.75, 3.05) is 0 Å². The Morgan fingerprint density at radius 1 is 0.833 bits per heavy atom. The third kappa shape index (κ3) is 4.24. The third-order valence-electron chi connectivity index (χ3n) is 4.29. The largest absolute Gasteiger partial charge is 0.436 e. The summed E-state index contributed by atoms with van der Waals surface area (Å²) in [5, 5.41) is 11.3. The van der Waals surface area contributed by atoms with Crippen molar-refractivity contribution in [3.8, 4) is 40.1 Å². The van der Waals surface area contributed by atoms with Crippen LogP contribution in [0.15, 0.2) is 73.1 Å². The molecule has 0 fully saturated rings. The van der Waals surface area contributed by atoms with Crippen molar-refractivity contribution in [2.24, 2.45) is 0 Å². The van der Waals surface area contributed by atoms with Crippen LogP contribution in [0.4, 0.5) is 0 Å². The van der Waals surface area contributed by atoms with Gasteiger partial charge in [0.25, 0.3) is 0 Å². The predicted molar refractivity (Wildman–Crippen MR) is 119 cm³/mol. The van der Waals surface area contributed by atoms with Gasteiger partial charge in [-0.3, -0.25) is 4.98 Å². The van der Waals surface area contributed by atoms with Gasteiger partial charge in [0.2, 0.25) is 5.88 Å². The van der Waals surface area contributed by atoms with Crippen molar-refractivity contribution in [2.45, 2.75) is 0 Å². The monoisotopic (exact) mass is 451 g/mol. The summed E-state index contributed by atoms with van der Waals surface area (Å²) in [4.78, 5) is 8.67. The first-order valence-corrected chi connectivity index (χ1v) is 9.93. The lowest BCUT2D eigenvalue weighted by atomic mass is 9.98. The minimum absolute atomic E-state index is 0.134. The van der Waals surface area contributed by atoms with E-state index in [9.17, 15) is 5.26 Å². The van der Waals surface area contributed by atoms with E-state index < -0.39 is 0 Å². The van der Waals surface area contributed by atoms with Crippen LogP contribution >= 0.6 is 34.8 Å². The molecular formula is C23H12Cl3N3O. The van der Waals surface area contributed by atoms with Gasteiger partial charge in [-0.15, -0.1) is 0 Å². The predicted octanol–water partition coefficient (Wildman–Crippen LogP) is 7.43. The molecular weight excluding hydrogens is 441 g/mol. The number of hydrogen-bond acceptors (Lipinski definition) is 4. The fraction of sp³-hybridized carbons (Fsp3) is 0. The molecule has 0 N–H and O–H groups in total. The fourth-order valence-electron chi connectivity index (χ4n) is 2.92. The molecule has 0 bridgehead atoms. The zero-order valence-electron chi connectivity index (χ0n) is 15.3. The average molecular weight is 453 g/mol. The molecule has 0 unspecified atom stereocenters. The molecule has 0 saturated carbocycles. The smallest absolute Gasteiger partial charge is 0.237 e. The standard InChI is InChI=1S/C23H12Cl3N3O/c24-16-7-5-14(6-8-16)20-9-15(11-27)23(30-18-10-17(25)12-28-13-18)29-22(20)19-3-1-2-4-21(19)26/h1-10,12-13H. The van der Waals surface area contributed by atoms with Crippen LogP contribution in [0.25, 0.3) is 22.4 Å².